The predicted octanol–water partition coefficient (Wildman–Crippen LogP) is 0.884. The molecule has 0 spiro atoms. The van der Waals surface area contributed by atoms with Crippen molar-refractivity contribution in [2.45, 2.75) is 6.54 Å². The standard InChI is InChI=1S/C11H11FN4O/c1-16-8(2-5-15-16)6-14-11(17)9-3-4-13-7-10(9)12/h2-5,7H,6H2,1H3,(H,14,17). The second kappa shape index (κ2) is 4.73. The molecule has 2 heterocycles. The zero-order valence-corrected chi connectivity index (χ0v) is 9.22. The van der Waals surface area contributed by atoms with Gasteiger partial charge in [-0.3, -0.25) is 14.5 Å². The van der Waals surface area contributed by atoms with Gasteiger partial charge in [-0.2, -0.15) is 5.10 Å². The van der Waals surface area contributed by atoms with Crippen LogP contribution in [0, 0.1) is 5.82 Å². The molecule has 0 saturated carbocycles. The number of rotatable bonds is 3. The van der Waals surface area contributed by atoms with E-state index in [4.69, 9.17) is 0 Å². The lowest BCUT2D eigenvalue weighted by molar-refractivity contribution is 0.0946. The van der Waals surface area contributed by atoms with Crippen LogP contribution in [0.1, 0.15) is 16.1 Å². The molecule has 0 aliphatic heterocycles. The van der Waals surface area contributed by atoms with Crippen molar-refractivity contribution < 1.29 is 9.18 Å². The fourth-order valence-corrected chi connectivity index (χ4v) is 1.40. The number of nitrogens with zero attached hydrogens (tertiary/aromatic N) is 3. The van der Waals surface area contributed by atoms with E-state index in [-0.39, 0.29) is 5.56 Å². The van der Waals surface area contributed by atoms with Gasteiger partial charge in [-0.05, 0) is 12.1 Å². The van der Waals surface area contributed by atoms with E-state index in [1.165, 1.54) is 12.3 Å². The molecule has 0 atom stereocenters. The van der Waals surface area contributed by atoms with Gasteiger partial charge in [0.15, 0.2) is 5.82 Å². The number of nitrogens with one attached hydrogen (secondary N) is 1. The quantitative estimate of drug-likeness (QED) is 0.857. The van der Waals surface area contributed by atoms with Crippen molar-refractivity contribution in [2.75, 3.05) is 0 Å². The summed E-state index contributed by atoms with van der Waals surface area (Å²) in [7, 11) is 1.77. The number of halogens is 1. The number of carbonyl (C=O) groups excluding carboxylic acids is 1. The lowest BCUT2D eigenvalue weighted by Crippen LogP contribution is -2.25. The van der Waals surface area contributed by atoms with Crippen LogP contribution in [0.25, 0.3) is 0 Å². The lowest BCUT2D eigenvalue weighted by atomic mass is 10.2. The summed E-state index contributed by atoms with van der Waals surface area (Å²) in [6, 6.07) is 3.12. The molecule has 0 bridgehead atoms. The molecule has 0 aliphatic carbocycles. The number of hydrogen-bond acceptors (Lipinski definition) is 3. The van der Waals surface area contributed by atoms with Gasteiger partial charge in [-0.1, -0.05) is 0 Å². The second-order valence-corrected chi connectivity index (χ2v) is 3.48. The predicted molar refractivity (Wildman–Crippen MR) is 58.6 cm³/mol. The molecule has 0 saturated heterocycles. The number of pyridine rings is 1. The lowest BCUT2D eigenvalue weighted by Gasteiger charge is -2.05. The Morgan fingerprint density at radius 3 is 2.94 bits per heavy atom. The van der Waals surface area contributed by atoms with Crippen LogP contribution in [0.5, 0.6) is 0 Å². The third-order valence-electron chi connectivity index (χ3n) is 2.37. The Labute approximate surface area is 97.3 Å². The maximum atomic E-state index is 13.2. The number of aromatic nitrogens is 3. The summed E-state index contributed by atoms with van der Waals surface area (Å²) < 4.78 is 14.9. The highest BCUT2D eigenvalue weighted by atomic mass is 19.1. The van der Waals surface area contributed by atoms with Crippen molar-refractivity contribution in [1.82, 2.24) is 20.1 Å². The van der Waals surface area contributed by atoms with E-state index in [0.29, 0.717) is 6.54 Å². The molecule has 2 rings (SSSR count). The minimum Gasteiger partial charge on any atom is -0.346 e. The van der Waals surface area contributed by atoms with E-state index in [1.54, 1.807) is 24.0 Å². The minimum absolute atomic E-state index is 0.0119. The fraction of sp³-hybridized carbons (Fsp3) is 0.182. The third-order valence-corrected chi connectivity index (χ3v) is 2.37. The van der Waals surface area contributed by atoms with Crippen LogP contribution in [0.2, 0.25) is 0 Å². The van der Waals surface area contributed by atoms with Gasteiger partial charge in [0.1, 0.15) is 0 Å². The Balaban J connectivity index is 2.04. The molecular weight excluding hydrogens is 223 g/mol. The third kappa shape index (κ3) is 2.47. The Bertz CT molecular complexity index is 538. The smallest absolute Gasteiger partial charge is 0.254 e. The molecule has 88 valence electrons. The van der Waals surface area contributed by atoms with Crippen LogP contribution >= 0.6 is 0 Å². The van der Waals surface area contributed by atoms with Gasteiger partial charge >= 0.3 is 0 Å². The number of amides is 1. The average Bonchev–Trinajstić information content (AvgIpc) is 2.72. The summed E-state index contributed by atoms with van der Waals surface area (Å²) in [5.41, 5.74) is 0.829. The molecule has 0 aromatic carbocycles. The van der Waals surface area contributed by atoms with Crippen LogP contribution < -0.4 is 5.32 Å². The van der Waals surface area contributed by atoms with E-state index in [1.807, 2.05) is 0 Å². The summed E-state index contributed by atoms with van der Waals surface area (Å²) in [5.74, 6) is -1.10. The first-order valence-corrected chi connectivity index (χ1v) is 5.03. The topological polar surface area (TPSA) is 59.8 Å². The zero-order chi connectivity index (χ0) is 12.3. The van der Waals surface area contributed by atoms with Gasteiger partial charge in [-0.25, -0.2) is 4.39 Å². The van der Waals surface area contributed by atoms with Crippen molar-refractivity contribution in [3.05, 3.63) is 47.8 Å². The second-order valence-electron chi connectivity index (χ2n) is 3.48. The number of aryl methyl sites for hydroxylation is 1. The molecule has 0 aliphatic rings. The van der Waals surface area contributed by atoms with Gasteiger partial charge in [0.25, 0.3) is 5.91 Å². The number of hydrogen-bond donors (Lipinski definition) is 1. The van der Waals surface area contributed by atoms with Crippen LogP contribution in [0.3, 0.4) is 0 Å². The van der Waals surface area contributed by atoms with Crippen molar-refractivity contribution in [3.8, 4) is 0 Å². The SMILES string of the molecule is Cn1nccc1CNC(=O)c1ccncc1F. The molecule has 6 heteroatoms. The zero-order valence-electron chi connectivity index (χ0n) is 9.22. The van der Waals surface area contributed by atoms with Crippen molar-refractivity contribution in [2.24, 2.45) is 7.05 Å². The van der Waals surface area contributed by atoms with Crippen LogP contribution in [-0.4, -0.2) is 20.7 Å². The van der Waals surface area contributed by atoms with E-state index in [0.717, 1.165) is 11.9 Å². The molecule has 2 aromatic heterocycles. The maximum absolute atomic E-state index is 13.2. The Morgan fingerprint density at radius 1 is 1.47 bits per heavy atom. The molecular formula is C11H11FN4O. The minimum atomic E-state index is -0.630. The Hall–Kier alpha value is -2.24. The van der Waals surface area contributed by atoms with E-state index < -0.39 is 11.7 Å². The first kappa shape index (κ1) is 11.3. The van der Waals surface area contributed by atoms with Gasteiger partial charge in [0.05, 0.1) is 24.0 Å². The van der Waals surface area contributed by atoms with Gasteiger partial charge < -0.3 is 5.32 Å². The van der Waals surface area contributed by atoms with Crippen LogP contribution in [0.4, 0.5) is 4.39 Å². The Morgan fingerprint density at radius 2 is 2.29 bits per heavy atom. The maximum Gasteiger partial charge on any atom is 0.254 e. The highest BCUT2D eigenvalue weighted by Crippen LogP contribution is 2.04. The van der Waals surface area contributed by atoms with E-state index in [9.17, 15) is 9.18 Å². The van der Waals surface area contributed by atoms with Crippen molar-refractivity contribution >= 4 is 5.91 Å². The fourth-order valence-electron chi connectivity index (χ4n) is 1.40. The van der Waals surface area contributed by atoms with E-state index in [2.05, 4.69) is 15.4 Å². The number of carbonyl (C=O) groups is 1. The van der Waals surface area contributed by atoms with Gasteiger partial charge in [0, 0.05) is 19.4 Å². The van der Waals surface area contributed by atoms with Crippen LogP contribution in [0.15, 0.2) is 30.7 Å². The molecule has 1 N–H and O–H groups in total. The molecule has 0 radical (unpaired) electrons. The summed E-state index contributed by atoms with van der Waals surface area (Å²) in [6.45, 7) is 0.303. The van der Waals surface area contributed by atoms with E-state index >= 15 is 0 Å². The molecule has 5 nitrogen and oxygen atoms in total. The molecule has 0 fully saturated rings. The summed E-state index contributed by atoms with van der Waals surface area (Å²) >= 11 is 0. The van der Waals surface area contributed by atoms with Gasteiger partial charge in [0.2, 0.25) is 0 Å². The summed E-state index contributed by atoms with van der Waals surface area (Å²) in [4.78, 5) is 15.2. The normalized spacial score (nSPS) is 10.2. The molecule has 0 unspecified atom stereocenters. The van der Waals surface area contributed by atoms with Crippen LogP contribution in [-0.2, 0) is 13.6 Å². The molecule has 2 aromatic rings. The van der Waals surface area contributed by atoms with Crippen molar-refractivity contribution in [3.63, 3.8) is 0 Å². The summed E-state index contributed by atoms with van der Waals surface area (Å²) in [5, 5.41) is 6.58. The average molecular weight is 234 g/mol. The highest BCUT2D eigenvalue weighted by Gasteiger charge is 2.11. The first-order chi connectivity index (χ1) is 8.18. The largest absolute Gasteiger partial charge is 0.346 e. The Kier molecular flexibility index (Phi) is 3.13. The monoisotopic (exact) mass is 234 g/mol. The molecule has 17 heavy (non-hydrogen) atoms. The van der Waals surface area contributed by atoms with Gasteiger partial charge in [-0.15, -0.1) is 0 Å². The summed E-state index contributed by atoms with van der Waals surface area (Å²) in [6.07, 6.45) is 4.02. The first-order valence-electron chi connectivity index (χ1n) is 5.03. The highest BCUT2D eigenvalue weighted by molar-refractivity contribution is 5.94. The van der Waals surface area contributed by atoms with Crippen molar-refractivity contribution in [1.29, 1.82) is 0 Å². The molecule has 1 amide bonds.